The van der Waals surface area contributed by atoms with Crippen molar-refractivity contribution in [3.8, 4) is 5.75 Å². The summed E-state index contributed by atoms with van der Waals surface area (Å²) in [7, 11) is 0. The van der Waals surface area contributed by atoms with E-state index in [1.165, 1.54) is 17.7 Å². The molecule has 0 fully saturated rings. The summed E-state index contributed by atoms with van der Waals surface area (Å²) in [5.41, 5.74) is 2.98. The van der Waals surface area contributed by atoms with Gasteiger partial charge in [-0.2, -0.15) is 0 Å². The second-order valence-corrected chi connectivity index (χ2v) is 6.26. The van der Waals surface area contributed by atoms with Crippen LogP contribution in [0, 0.1) is 10.1 Å². The molecule has 0 bridgehead atoms. The van der Waals surface area contributed by atoms with Gasteiger partial charge < -0.3 is 10.1 Å². The number of carbonyl (C=O) groups excluding carboxylic acids is 1. The monoisotopic (exact) mass is 376 g/mol. The first-order valence-electron chi connectivity index (χ1n) is 8.86. The van der Waals surface area contributed by atoms with E-state index in [2.05, 4.69) is 5.32 Å². The summed E-state index contributed by atoms with van der Waals surface area (Å²) >= 11 is 0. The van der Waals surface area contributed by atoms with Crippen molar-refractivity contribution in [2.45, 2.75) is 13.0 Å². The van der Waals surface area contributed by atoms with Gasteiger partial charge in [-0.1, -0.05) is 60.7 Å². The maximum absolute atomic E-state index is 12.1. The smallest absolute Gasteiger partial charge is 0.269 e. The lowest BCUT2D eigenvalue weighted by Crippen LogP contribution is -2.28. The van der Waals surface area contributed by atoms with E-state index in [4.69, 9.17) is 4.74 Å². The van der Waals surface area contributed by atoms with Gasteiger partial charge in [-0.3, -0.25) is 14.9 Å². The standard InChI is InChI=1S/C22H20N2O4/c25-22(23-15-18-10-12-20(13-11-18)24(26)27)16-28-21-9-5-4-8-19(21)14-17-6-2-1-3-7-17/h1-13H,14-16H2,(H,23,25). The van der Waals surface area contributed by atoms with Crippen molar-refractivity contribution >= 4 is 11.6 Å². The van der Waals surface area contributed by atoms with Crippen LogP contribution in [0.2, 0.25) is 0 Å². The maximum atomic E-state index is 12.1. The minimum Gasteiger partial charge on any atom is -0.483 e. The third-order valence-corrected chi connectivity index (χ3v) is 4.21. The second kappa shape index (κ2) is 9.32. The molecule has 0 atom stereocenters. The van der Waals surface area contributed by atoms with Crippen molar-refractivity contribution in [2.75, 3.05) is 6.61 Å². The van der Waals surface area contributed by atoms with Gasteiger partial charge in [0.25, 0.3) is 11.6 Å². The highest BCUT2D eigenvalue weighted by molar-refractivity contribution is 5.77. The first kappa shape index (κ1) is 19.1. The van der Waals surface area contributed by atoms with Crippen LogP contribution in [0.15, 0.2) is 78.9 Å². The molecular weight excluding hydrogens is 356 g/mol. The number of para-hydroxylation sites is 1. The number of nitro groups is 1. The number of nitrogens with zero attached hydrogens (tertiary/aromatic N) is 1. The molecule has 0 saturated carbocycles. The van der Waals surface area contributed by atoms with Gasteiger partial charge in [0.2, 0.25) is 0 Å². The number of rotatable bonds is 8. The van der Waals surface area contributed by atoms with E-state index in [0.717, 1.165) is 17.5 Å². The molecular formula is C22H20N2O4. The van der Waals surface area contributed by atoms with Crippen LogP contribution in [0.4, 0.5) is 5.69 Å². The van der Waals surface area contributed by atoms with Crippen LogP contribution in [0.3, 0.4) is 0 Å². The summed E-state index contributed by atoms with van der Waals surface area (Å²) in [5.74, 6) is 0.421. The predicted octanol–water partition coefficient (Wildman–Crippen LogP) is 3.88. The Labute approximate surface area is 162 Å². The summed E-state index contributed by atoms with van der Waals surface area (Å²) in [5, 5.41) is 13.4. The predicted molar refractivity (Wildman–Crippen MR) is 106 cm³/mol. The fraction of sp³-hybridized carbons (Fsp3) is 0.136. The number of nitrogens with one attached hydrogen (secondary N) is 1. The van der Waals surface area contributed by atoms with Gasteiger partial charge >= 0.3 is 0 Å². The van der Waals surface area contributed by atoms with Crippen molar-refractivity contribution < 1.29 is 14.5 Å². The highest BCUT2D eigenvalue weighted by Crippen LogP contribution is 2.21. The van der Waals surface area contributed by atoms with Gasteiger partial charge in [-0.15, -0.1) is 0 Å². The zero-order valence-electron chi connectivity index (χ0n) is 15.2. The van der Waals surface area contributed by atoms with E-state index >= 15 is 0 Å². The Bertz CT molecular complexity index is 940. The summed E-state index contributed by atoms with van der Waals surface area (Å²) < 4.78 is 5.71. The molecule has 0 heterocycles. The molecule has 6 nitrogen and oxygen atoms in total. The summed E-state index contributed by atoms with van der Waals surface area (Å²) in [4.78, 5) is 22.3. The number of hydrogen-bond donors (Lipinski definition) is 1. The summed E-state index contributed by atoms with van der Waals surface area (Å²) in [6.07, 6.45) is 0.724. The Hall–Kier alpha value is -3.67. The lowest BCUT2D eigenvalue weighted by Gasteiger charge is -2.12. The molecule has 0 saturated heterocycles. The molecule has 1 N–H and O–H groups in total. The van der Waals surface area contributed by atoms with Gasteiger partial charge in [0.05, 0.1) is 4.92 Å². The number of nitro benzene ring substituents is 1. The van der Waals surface area contributed by atoms with Crippen molar-refractivity contribution in [3.05, 3.63) is 106 Å². The van der Waals surface area contributed by atoms with Gasteiger partial charge in [-0.05, 0) is 22.8 Å². The Balaban J connectivity index is 1.52. The van der Waals surface area contributed by atoms with Gasteiger partial charge in [-0.25, -0.2) is 0 Å². The molecule has 0 radical (unpaired) electrons. The van der Waals surface area contributed by atoms with E-state index in [1.54, 1.807) is 12.1 Å². The Morgan fingerprint density at radius 1 is 0.893 bits per heavy atom. The number of ether oxygens (including phenoxy) is 1. The highest BCUT2D eigenvalue weighted by Gasteiger charge is 2.08. The van der Waals surface area contributed by atoms with E-state index in [1.807, 2.05) is 54.6 Å². The van der Waals surface area contributed by atoms with Gasteiger partial charge in [0, 0.05) is 25.1 Å². The van der Waals surface area contributed by atoms with Crippen LogP contribution >= 0.6 is 0 Å². The largest absolute Gasteiger partial charge is 0.483 e. The van der Waals surface area contributed by atoms with Crippen LogP contribution in [0.5, 0.6) is 5.75 Å². The van der Waals surface area contributed by atoms with Crippen LogP contribution in [0.25, 0.3) is 0 Å². The van der Waals surface area contributed by atoms with Crippen molar-refractivity contribution in [1.29, 1.82) is 0 Å². The lowest BCUT2D eigenvalue weighted by atomic mass is 10.0. The van der Waals surface area contributed by atoms with Crippen LogP contribution < -0.4 is 10.1 Å². The third-order valence-electron chi connectivity index (χ3n) is 4.21. The van der Waals surface area contributed by atoms with E-state index in [0.29, 0.717) is 5.75 Å². The average Bonchev–Trinajstić information content (AvgIpc) is 2.72. The molecule has 0 unspecified atom stereocenters. The summed E-state index contributed by atoms with van der Waals surface area (Å²) in [6, 6.07) is 23.8. The minimum absolute atomic E-state index is 0.0217. The molecule has 0 aliphatic heterocycles. The minimum atomic E-state index is -0.455. The van der Waals surface area contributed by atoms with Crippen molar-refractivity contribution in [3.63, 3.8) is 0 Å². The molecule has 0 spiro atoms. The third kappa shape index (κ3) is 5.41. The van der Waals surface area contributed by atoms with E-state index in [-0.39, 0.29) is 24.7 Å². The highest BCUT2D eigenvalue weighted by atomic mass is 16.6. The molecule has 0 aliphatic carbocycles. The zero-order valence-corrected chi connectivity index (χ0v) is 15.2. The average molecular weight is 376 g/mol. The number of non-ortho nitro benzene ring substituents is 1. The lowest BCUT2D eigenvalue weighted by molar-refractivity contribution is -0.384. The fourth-order valence-electron chi connectivity index (χ4n) is 2.74. The second-order valence-electron chi connectivity index (χ2n) is 6.26. The SMILES string of the molecule is O=C(COc1ccccc1Cc1ccccc1)NCc1ccc([N+](=O)[O-])cc1. The van der Waals surface area contributed by atoms with E-state index in [9.17, 15) is 14.9 Å². The Kier molecular flexibility index (Phi) is 6.36. The first-order valence-corrected chi connectivity index (χ1v) is 8.86. The zero-order chi connectivity index (χ0) is 19.8. The first-order chi connectivity index (χ1) is 13.6. The summed E-state index contributed by atoms with van der Waals surface area (Å²) in [6.45, 7) is 0.185. The fourth-order valence-corrected chi connectivity index (χ4v) is 2.74. The van der Waals surface area contributed by atoms with Crippen molar-refractivity contribution in [1.82, 2.24) is 5.32 Å². The van der Waals surface area contributed by atoms with Crippen LogP contribution in [-0.2, 0) is 17.8 Å². The molecule has 0 aliphatic rings. The quantitative estimate of drug-likeness (QED) is 0.478. The maximum Gasteiger partial charge on any atom is 0.269 e. The number of benzene rings is 3. The number of amides is 1. The van der Waals surface area contributed by atoms with E-state index < -0.39 is 4.92 Å². The molecule has 6 heteroatoms. The normalized spacial score (nSPS) is 10.3. The van der Waals surface area contributed by atoms with Crippen molar-refractivity contribution in [2.24, 2.45) is 0 Å². The molecule has 28 heavy (non-hydrogen) atoms. The van der Waals surface area contributed by atoms with Crippen LogP contribution in [0.1, 0.15) is 16.7 Å². The molecule has 3 aromatic rings. The Morgan fingerprint density at radius 3 is 2.29 bits per heavy atom. The number of hydrogen-bond acceptors (Lipinski definition) is 4. The number of carbonyl (C=O) groups is 1. The topological polar surface area (TPSA) is 81.5 Å². The molecule has 3 aromatic carbocycles. The Morgan fingerprint density at radius 2 is 1.57 bits per heavy atom. The molecule has 3 rings (SSSR count). The van der Waals surface area contributed by atoms with Gasteiger partial charge in [0.15, 0.2) is 6.61 Å². The molecule has 0 aromatic heterocycles. The van der Waals surface area contributed by atoms with Crippen LogP contribution in [-0.4, -0.2) is 17.4 Å². The molecule has 1 amide bonds. The van der Waals surface area contributed by atoms with Gasteiger partial charge in [0.1, 0.15) is 5.75 Å². The molecule has 142 valence electrons.